The van der Waals surface area contributed by atoms with Gasteiger partial charge in [0.25, 0.3) is 0 Å². The molecule has 70 valence electrons. The average molecular weight is 173 g/mol. The smallest absolute Gasteiger partial charge is 0.308 e. The highest BCUT2D eigenvalue weighted by Crippen LogP contribution is 2.18. The number of nitrogens with one attached hydrogen (secondary N) is 1. The van der Waals surface area contributed by atoms with Gasteiger partial charge in [-0.2, -0.15) is 0 Å². The average Bonchev–Trinajstić information content (AvgIpc) is 2.80. The molecule has 0 spiro atoms. The number of aliphatic carboxylic acids is 1. The summed E-state index contributed by atoms with van der Waals surface area (Å²) in [6.07, 6.45) is 2.18. The first kappa shape index (κ1) is 9.48. The summed E-state index contributed by atoms with van der Waals surface area (Å²) < 4.78 is 0. The minimum atomic E-state index is -0.720. The lowest BCUT2D eigenvalue weighted by Crippen LogP contribution is -2.21. The maximum atomic E-state index is 10.7. The monoisotopic (exact) mass is 173 g/mol. The van der Waals surface area contributed by atoms with Crippen LogP contribution >= 0.6 is 0 Å². The van der Waals surface area contributed by atoms with Crippen LogP contribution in [-0.4, -0.2) is 35.4 Å². The SMILES string of the molecule is O=C(O)C(CCCCO)C1CN1. The Morgan fingerprint density at radius 2 is 2.25 bits per heavy atom. The molecule has 0 bridgehead atoms. The number of carbonyl (C=O) groups is 1. The second-order valence-electron chi connectivity index (χ2n) is 3.18. The van der Waals surface area contributed by atoms with E-state index in [1.165, 1.54) is 0 Å². The third-order valence-electron chi connectivity index (χ3n) is 2.17. The van der Waals surface area contributed by atoms with Gasteiger partial charge in [-0.25, -0.2) is 0 Å². The molecule has 1 aliphatic rings. The molecule has 0 saturated carbocycles. The molecule has 12 heavy (non-hydrogen) atoms. The molecular weight excluding hydrogens is 158 g/mol. The Balaban J connectivity index is 2.19. The third kappa shape index (κ3) is 2.79. The van der Waals surface area contributed by atoms with Crippen LogP contribution in [0.4, 0.5) is 0 Å². The lowest BCUT2D eigenvalue weighted by atomic mass is 9.99. The molecule has 0 aliphatic carbocycles. The normalized spacial score (nSPS) is 23.6. The maximum Gasteiger partial charge on any atom is 0.308 e. The molecule has 0 amide bonds. The van der Waals surface area contributed by atoms with Gasteiger partial charge >= 0.3 is 5.97 Å². The zero-order valence-electron chi connectivity index (χ0n) is 6.99. The molecular formula is C8H15NO3. The maximum absolute atomic E-state index is 10.7. The summed E-state index contributed by atoms with van der Waals surface area (Å²) in [5.41, 5.74) is 0. The van der Waals surface area contributed by atoms with E-state index in [0.717, 1.165) is 13.0 Å². The van der Waals surface area contributed by atoms with Gasteiger partial charge in [-0.3, -0.25) is 4.79 Å². The molecule has 0 aromatic carbocycles. The molecule has 4 heteroatoms. The van der Waals surface area contributed by atoms with Gasteiger partial charge in [0.05, 0.1) is 5.92 Å². The number of aliphatic hydroxyl groups is 1. The molecule has 1 fully saturated rings. The fraction of sp³-hybridized carbons (Fsp3) is 0.875. The zero-order chi connectivity index (χ0) is 8.97. The third-order valence-corrected chi connectivity index (χ3v) is 2.17. The first-order valence-electron chi connectivity index (χ1n) is 4.32. The largest absolute Gasteiger partial charge is 0.481 e. The van der Waals surface area contributed by atoms with Crippen molar-refractivity contribution in [3.05, 3.63) is 0 Å². The first-order chi connectivity index (χ1) is 5.75. The van der Waals surface area contributed by atoms with E-state index in [1.54, 1.807) is 0 Å². The van der Waals surface area contributed by atoms with Gasteiger partial charge in [0.15, 0.2) is 0 Å². The van der Waals surface area contributed by atoms with Crippen LogP contribution in [-0.2, 0) is 4.79 Å². The Morgan fingerprint density at radius 1 is 1.58 bits per heavy atom. The van der Waals surface area contributed by atoms with Crippen molar-refractivity contribution in [2.45, 2.75) is 25.3 Å². The summed E-state index contributed by atoms with van der Waals surface area (Å²) >= 11 is 0. The minimum absolute atomic E-state index is 0.157. The summed E-state index contributed by atoms with van der Waals surface area (Å²) in [5, 5.41) is 20.3. The first-order valence-corrected chi connectivity index (χ1v) is 4.32. The summed E-state index contributed by atoms with van der Waals surface area (Å²) in [4.78, 5) is 10.7. The number of carboxylic acids is 1. The van der Waals surface area contributed by atoms with E-state index in [0.29, 0.717) is 12.8 Å². The van der Waals surface area contributed by atoms with Crippen molar-refractivity contribution in [2.24, 2.45) is 5.92 Å². The van der Waals surface area contributed by atoms with E-state index < -0.39 is 5.97 Å². The van der Waals surface area contributed by atoms with Crippen LogP contribution in [0.5, 0.6) is 0 Å². The Morgan fingerprint density at radius 3 is 2.67 bits per heavy atom. The molecule has 2 unspecified atom stereocenters. The highest BCUT2D eigenvalue weighted by Gasteiger charge is 2.34. The molecule has 1 aliphatic heterocycles. The highest BCUT2D eigenvalue weighted by atomic mass is 16.4. The van der Waals surface area contributed by atoms with Crippen molar-refractivity contribution in [1.82, 2.24) is 5.32 Å². The summed E-state index contributed by atoms with van der Waals surface area (Å²) in [5.74, 6) is -0.973. The van der Waals surface area contributed by atoms with Crippen molar-refractivity contribution < 1.29 is 15.0 Å². The van der Waals surface area contributed by atoms with Gasteiger partial charge in [-0.15, -0.1) is 0 Å². The second kappa shape index (κ2) is 4.42. The van der Waals surface area contributed by atoms with Crippen LogP contribution in [0.25, 0.3) is 0 Å². The van der Waals surface area contributed by atoms with Crippen LogP contribution in [0.1, 0.15) is 19.3 Å². The molecule has 0 aromatic rings. The van der Waals surface area contributed by atoms with Crippen LogP contribution in [0, 0.1) is 5.92 Å². The molecule has 0 aromatic heterocycles. The topological polar surface area (TPSA) is 79.5 Å². The predicted octanol–water partition coefficient (Wildman–Crippen LogP) is -0.178. The summed E-state index contributed by atoms with van der Waals surface area (Å²) in [6, 6.07) is 0.182. The van der Waals surface area contributed by atoms with Crippen molar-refractivity contribution in [3.63, 3.8) is 0 Å². The Hall–Kier alpha value is -0.610. The molecule has 1 rings (SSSR count). The lowest BCUT2D eigenvalue weighted by Gasteiger charge is -2.08. The van der Waals surface area contributed by atoms with Crippen molar-refractivity contribution in [1.29, 1.82) is 0 Å². The molecule has 4 nitrogen and oxygen atoms in total. The summed E-state index contributed by atoms with van der Waals surface area (Å²) in [7, 11) is 0. The fourth-order valence-electron chi connectivity index (χ4n) is 1.33. The van der Waals surface area contributed by atoms with Crippen molar-refractivity contribution in [2.75, 3.05) is 13.2 Å². The minimum Gasteiger partial charge on any atom is -0.481 e. The van der Waals surface area contributed by atoms with Crippen LogP contribution in [0.15, 0.2) is 0 Å². The van der Waals surface area contributed by atoms with E-state index in [1.807, 2.05) is 0 Å². The fourth-order valence-corrected chi connectivity index (χ4v) is 1.33. The van der Waals surface area contributed by atoms with E-state index in [4.69, 9.17) is 10.2 Å². The van der Waals surface area contributed by atoms with Crippen molar-refractivity contribution >= 4 is 5.97 Å². The number of aliphatic hydroxyl groups excluding tert-OH is 1. The molecule has 3 N–H and O–H groups in total. The molecule has 0 radical (unpaired) electrons. The van der Waals surface area contributed by atoms with Gasteiger partial charge in [0.1, 0.15) is 0 Å². The van der Waals surface area contributed by atoms with Gasteiger partial charge in [-0.05, 0) is 12.8 Å². The van der Waals surface area contributed by atoms with E-state index in [-0.39, 0.29) is 18.6 Å². The number of carboxylic acid groups (broad SMARTS) is 1. The Labute approximate surface area is 71.6 Å². The zero-order valence-corrected chi connectivity index (χ0v) is 6.99. The van der Waals surface area contributed by atoms with Crippen LogP contribution in [0.3, 0.4) is 0 Å². The molecule has 1 saturated heterocycles. The standard InChI is InChI=1S/C8H15NO3/c10-4-2-1-3-6(8(11)12)7-5-9-7/h6-7,9-10H,1-5H2,(H,11,12). The number of hydrogen-bond donors (Lipinski definition) is 3. The predicted molar refractivity (Wildman–Crippen MR) is 43.9 cm³/mol. The molecule has 1 heterocycles. The van der Waals surface area contributed by atoms with E-state index in [9.17, 15) is 4.79 Å². The summed E-state index contributed by atoms with van der Waals surface area (Å²) in [6.45, 7) is 0.987. The van der Waals surface area contributed by atoms with Gasteiger partial charge in [0, 0.05) is 19.2 Å². The Kier molecular flexibility index (Phi) is 3.49. The number of hydrogen-bond acceptors (Lipinski definition) is 3. The highest BCUT2D eigenvalue weighted by molar-refractivity contribution is 5.71. The second-order valence-corrected chi connectivity index (χ2v) is 3.18. The quantitative estimate of drug-likeness (QED) is 0.384. The van der Waals surface area contributed by atoms with E-state index in [2.05, 4.69) is 5.32 Å². The Bertz CT molecular complexity index is 156. The van der Waals surface area contributed by atoms with Crippen LogP contribution in [0.2, 0.25) is 0 Å². The van der Waals surface area contributed by atoms with Gasteiger partial charge in [-0.1, -0.05) is 6.42 Å². The number of unbranched alkanes of at least 4 members (excludes halogenated alkanes) is 1. The van der Waals surface area contributed by atoms with Crippen molar-refractivity contribution in [3.8, 4) is 0 Å². The van der Waals surface area contributed by atoms with E-state index >= 15 is 0 Å². The van der Waals surface area contributed by atoms with Gasteiger partial charge < -0.3 is 15.5 Å². The number of rotatable bonds is 6. The lowest BCUT2D eigenvalue weighted by molar-refractivity contribution is -0.142. The van der Waals surface area contributed by atoms with Crippen LogP contribution < -0.4 is 5.32 Å². The molecule has 2 atom stereocenters. The van der Waals surface area contributed by atoms with Gasteiger partial charge in [0.2, 0.25) is 0 Å².